The summed E-state index contributed by atoms with van der Waals surface area (Å²) < 4.78 is 0. The van der Waals surface area contributed by atoms with Gasteiger partial charge in [0.2, 0.25) is 0 Å². The fraction of sp³-hybridized carbons (Fsp3) is 0.143. The van der Waals surface area contributed by atoms with E-state index in [1.54, 1.807) is 0 Å². The van der Waals surface area contributed by atoms with Crippen LogP contribution in [-0.4, -0.2) is 0 Å². The summed E-state index contributed by atoms with van der Waals surface area (Å²) in [7, 11) is 0. The van der Waals surface area contributed by atoms with Gasteiger partial charge in [-0.1, -0.05) is 76.9 Å². The van der Waals surface area contributed by atoms with Crippen LogP contribution < -0.4 is 9.80 Å². The highest BCUT2D eigenvalue weighted by Crippen LogP contribution is 2.42. The average molecular weight is 483 g/mol. The van der Waals surface area contributed by atoms with Crippen LogP contribution >= 0.6 is 0 Å². The van der Waals surface area contributed by atoms with Crippen LogP contribution in [0.2, 0.25) is 0 Å². The first-order valence-electron chi connectivity index (χ1n) is 12.9. The lowest BCUT2D eigenvalue weighted by Gasteiger charge is -2.31. The molecule has 0 aliphatic heterocycles. The second-order valence-corrected chi connectivity index (χ2v) is 9.98. The number of aryl methyl sites for hydroxylation is 5. The molecule has 0 aromatic heterocycles. The number of hydrogen-bond acceptors (Lipinski definition) is 2. The number of hydrogen-bond donors (Lipinski definition) is 0. The summed E-state index contributed by atoms with van der Waals surface area (Å²) in [5.74, 6) is 0. The number of anilines is 6. The molecule has 0 heterocycles. The second kappa shape index (κ2) is 10.4. The van der Waals surface area contributed by atoms with Crippen LogP contribution in [0.15, 0.2) is 115 Å². The summed E-state index contributed by atoms with van der Waals surface area (Å²) in [6.07, 6.45) is 0. The van der Waals surface area contributed by atoms with Crippen molar-refractivity contribution in [2.45, 2.75) is 34.6 Å². The van der Waals surface area contributed by atoms with E-state index in [-0.39, 0.29) is 0 Å². The molecule has 0 aliphatic rings. The molecule has 2 heteroatoms. The Morgan fingerprint density at radius 3 is 0.973 bits per heavy atom. The Labute approximate surface area is 221 Å². The summed E-state index contributed by atoms with van der Waals surface area (Å²) in [6, 6.07) is 41.8. The van der Waals surface area contributed by atoms with Crippen LogP contribution in [0.3, 0.4) is 0 Å². The van der Waals surface area contributed by atoms with Crippen molar-refractivity contribution in [3.63, 3.8) is 0 Å². The van der Waals surface area contributed by atoms with Crippen LogP contribution in [0.1, 0.15) is 27.8 Å². The van der Waals surface area contributed by atoms with Crippen molar-refractivity contribution in [3.8, 4) is 0 Å². The lowest BCUT2D eigenvalue weighted by atomic mass is 10.1. The molecular formula is C35H34N2. The van der Waals surface area contributed by atoms with E-state index in [1.807, 2.05) is 0 Å². The van der Waals surface area contributed by atoms with Gasteiger partial charge in [-0.15, -0.1) is 0 Å². The Kier molecular flexibility index (Phi) is 6.83. The molecule has 0 atom stereocenters. The first-order valence-corrected chi connectivity index (χ1v) is 12.9. The third-order valence-corrected chi connectivity index (χ3v) is 6.86. The lowest BCUT2D eigenvalue weighted by molar-refractivity contribution is 1.22. The molecule has 0 saturated carbocycles. The molecule has 0 fully saturated rings. The van der Waals surface area contributed by atoms with Gasteiger partial charge in [-0.25, -0.2) is 0 Å². The molecule has 0 amide bonds. The van der Waals surface area contributed by atoms with Gasteiger partial charge < -0.3 is 9.80 Å². The Morgan fingerprint density at radius 2 is 0.622 bits per heavy atom. The summed E-state index contributed by atoms with van der Waals surface area (Å²) >= 11 is 0. The lowest BCUT2D eigenvalue weighted by Crippen LogP contribution is -2.14. The van der Waals surface area contributed by atoms with Gasteiger partial charge in [0.25, 0.3) is 0 Å². The summed E-state index contributed by atoms with van der Waals surface area (Å²) in [5.41, 5.74) is 13.1. The van der Waals surface area contributed by atoms with Crippen molar-refractivity contribution in [2.24, 2.45) is 0 Å². The van der Waals surface area contributed by atoms with Crippen molar-refractivity contribution >= 4 is 34.1 Å². The van der Waals surface area contributed by atoms with E-state index in [4.69, 9.17) is 0 Å². The molecule has 5 aromatic carbocycles. The van der Waals surface area contributed by atoms with E-state index in [9.17, 15) is 0 Å². The average Bonchev–Trinajstić information content (AvgIpc) is 2.90. The highest BCUT2D eigenvalue weighted by atomic mass is 15.2. The molecule has 5 rings (SSSR count). The standard InChI is InChI=1S/C35H34N2/c1-25-6-15-30(16-7-25)36(31-17-8-26(2)9-18-31)34-23-14-29(5)35(24-34)37(32-19-10-27(3)11-20-32)33-21-12-28(4)13-22-33/h6-24H,1-5H3. The van der Waals surface area contributed by atoms with Gasteiger partial charge in [0, 0.05) is 28.4 Å². The molecule has 0 bridgehead atoms. The molecule has 184 valence electrons. The van der Waals surface area contributed by atoms with Gasteiger partial charge in [0.05, 0.1) is 5.69 Å². The first-order chi connectivity index (χ1) is 17.9. The zero-order valence-electron chi connectivity index (χ0n) is 22.4. The topological polar surface area (TPSA) is 6.48 Å². The number of nitrogens with zero attached hydrogens (tertiary/aromatic N) is 2. The van der Waals surface area contributed by atoms with E-state index in [0.717, 1.165) is 34.1 Å². The summed E-state index contributed by atoms with van der Waals surface area (Å²) in [6.45, 7) is 10.7. The summed E-state index contributed by atoms with van der Waals surface area (Å²) in [5, 5.41) is 0. The summed E-state index contributed by atoms with van der Waals surface area (Å²) in [4.78, 5) is 4.70. The Morgan fingerprint density at radius 1 is 0.324 bits per heavy atom. The largest absolute Gasteiger partial charge is 0.310 e. The molecule has 37 heavy (non-hydrogen) atoms. The van der Waals surface area contributed by atoms with Crippen molar-refractivity contribution in [2.75, 3.05) is 9.80 Å². The third-order valence-electron chi connectivity index (χ3n) is 6.86. The van der Waals surface area contributed by atoms with Crippen LogP contribution in [-0.2, 0) is 0 Å². The van der Waals surface area contributed by atoms with Gasteiger partial charge >= 0.3 is 0 Å². The van der Waals surface area contributed by atoms with Crippen LogP contribution in [0, 0.1) is 34.6 Å². The first kappa shape index (κ1) is 24.4. The van der Waals surface area contributed by atoms with E-state index in [0.29, 0.717) is 0 Å². The maximum atomic E-state index is 2.36. The monoisotopic (exact) mass is 482 g/mol. The van der Waals surface area contributed by atoms with E-state index in [1.165, 1.54) is 27.8 Å². The molecular weight excluding hydrogens is 448 g/mol. The van der Waals surface area contributed by atoms with Crippen molar-refractivity contribution < 1.29 is 0 Å². The van der Waals surface area contributed by atoms with Gasteiger partial charge in [0.15, 0.2) is 0 Å². The van der Waals surface area contributed by atoms with Gasteiger partial charge in [-0.3, -0.25) is 0 Å². The molecule has 0 saturated heterocycles. The maximum Gasteiger partial charge on any atom is 0.0511 e. The zero-order valence-corrected chi connectivity index (χ0v) is 22.4. The van der Waals surface area contributed by atoms with E-state index in [2.05, 4.69) is 160 Å². The van der Waals surface area contributed by atoms with Crippen molar-refractivity contribution in [1.82, 2.24) is 0 Å². The maximum absolute atomic E-state index is 2.36. The fourth-order valence-corrected chi connectivity index (χ4v) is 4.63. The number of benzene rings is 5. The smallest absolute Gasteiger partial charge is 0.0511 e. The Bertz CT molecular complexity index is 1390. The van der Waals surface area contributed by atoms with Crippen molar-refractivity contribution in [3.05, 3.63) is 143 Å². The van der Waals surface area contributed by atoms with Gasteiger partial charge in [0.1, 0.15) is 0 Å². The predicted octanol–water partition coefficient (Wildman–Crippen LogP) is 10.2. The molecule has 0 spiro atoms. The Hall–Kier alpha value is -4.30. The Balaban J connectivity index is 1.69. The SMILES string of the molecule is Cc1ccc(N(c2ccc(C)cc2)c2ccc(C)c(N(c3ccc(C)cc3)c3ccc(C)cc3)c2)cc1. The minimum Gasteiger partial charge on any atom is -0.310 e. The molecule has 0 aliphatic carbocycles. The minimum atomic E-state index is 1.12. The van der Waals surface area contributed by atoms with Crippen molar-refractivity contribution in [1.29, 1.82) is 0 Å². The zero-order chi connectivity index (χ0) is 25.9. The van der Waals surface area contributed by atoms with E-state index < -0.39 is 0 Å². The van der Waals surface area contributed by atoms with Gasteiger partial charge in [-0.05, 0) is 101 Å². The van der Waals surface area contributed by atoms with E-state index >= 15 is 0 Å². The highest BCUT2D eigenvalue weighted by molar-refractivity contribution is 5.84. The number of rotatable bonds is 6. The molecule has 0 radical (unpaired) electrons. The minimum absolute atomic E-state index is 1.12. The molecule has 0 unspecified atom stereocenters. The second-order valence-electron chi connectivity index (χ2n) is 9.98. The van der Waals surface area contributed by atoms with Crippen LogP contribution in [0.4, 0.5) is 34.1 Å². The van der Waals surface area contributed by atoms with Gasteiger partial charge in [-0.2, -0.15) is 0 Å². The molecule has 2 nitrogen and oxygen atoms in total. The fourth-order valence-electron chi connectivity index (χ4n) is 4.63. The molecule has 0 N–H and O–H groups in total. The highest BCUT2D eigenvalue weighted by Gasteiger charge is 2.19. The predicted molar refractivity (Wildman–Crippen MR) is 159 cm³/mol. The van der Waals surface area contributed by atoms with Crippen LogP contribution in [0.25, 0.3) is 0 Å². The normalized spacial score (nSPS) is 10.8. The van der Waals surface area contributed by atoms with Crippen LogP contribution in [0.5, 0.6) is 0 Å². The molecule has 5 aromatic rings. The quantitative estimate of drug-likeness (QED) is 0.237. The third kappa shape index (κ3) is 5.29.